The molecule has 6 heteroatoms. The number of likely N-dealkylation sites (N-methyl/N-ethyl adjacent to an activating group) is 1. The van der Waals surface area contributed by atoms with Gasteiger partial charge in [-0.05, 0) is 26.0 Å². The molecule has 0 aliphatic carbocycles. The first kappa shape index (κ1) is 18.4. The maximum atomic E-state index is 12.4. The molecule has 1 aromatic heterocycles. The Kier molecular flexibility index (Phi) is 5.21. The summed E-state index contributed by atoms with van der Waals surface area (Å²) in [6.45, 7) is 2.80. The fourth-order valence-electron chi connectivity index (χ4n) is 3.64. The molecule has 3 aromatic rings. The molecule has 2 unspecified atom stereocenters. The van der Waals surface area contributed by atoms with Crippen molar-refractivity contribution in [2.45, 2.75) is 31.8 Å². The number of hydrogen-bond donors (Lipinski definition) is 1. The minimum absolute atomic E-state index is 0.00808. The standard InChI is InChI=1S/C22H24N4O2/c1-15-8-10-17(11-9-15)21-24-22(28-25-21)19-13-18(14-26(19)2)23-20(27)12-16-6-4-3-5-7-16/h3-11,18-19H,12-14H2,1-2H3,(H,23,27). The monoisotopic (exact) mass is 376 g/mol. The molecular weight excluding hydrogens is 352 g/mol. The van der Waals surface area contributed by atoms with Crippen LogP contribution in [0.1, 0.15) is 29.5 Å². The minimum atomic E-state index is 0.00808. The van der Waals surface area contributed by atoms with Crippen molar-refractivity contribution in [3.8, 4) is 11.4 Å². The molecule has 1 aliphatic rings. The highest BCUT2D eigenvalue weighted by atomic mass is 16.5. The number of nitrogens with one attached hydrogen (secondary N) is 1. The predicted molar refractivity (Wildman–Crippen MR) is 107 cm³/mol. The largest absolute Gasteiger partial charge is 0.352 e. The molecule has 1 fully saturated rings. The van der Waals surface area contributed by atoms with Crippen LogP contribution < -0.4 is 5.32 Å². The van der Waals surface area contributed by atoms with Gasteiger partial charge in [0, 0.05) is 18.2 Å². The minimum Gasteiger partial charge on any atom is -0.352 e. The predicted octanol–water partition coefficient (Wildman–Crippen LogP) is 3.15. The van der Waals surface area contributed by atoms with Gasteiger partial charge in [-0.1, -0.05) is 65.3 Å². The molecule has 0 radical (unpaired) electrons. The third-order valence-corrected chi connectivity index (χ3v) is 5.16. The topological polar surface area (TPSA) is 71.3 Å². The van der Waals surface area contributed by atoms with E-state index in [1.807, 2.05) is 68.6 Å². The van der Waals surface area contributed by atoms with E-state index in [1.54, 1.807) is 0 Å². The van der Waals surface area contributed by atoms with Gasteiger partial charge >= 0.3 is 0 Å². The number of rotatable bonds is 5. The van der Waals surface area contributed by atoms with Crippen molar-refractivity contribution in [3.05, 3.63) is 71.6 Å². The Bertz CT molecular complexity index is 937. The molecule has 2 atom stereocenters. The molecule has 0 spiro atoms. The fraction of sp³-hybridized carbons (Fsp3) is 0.318. The summed E-state index contributed by atoms with van der Waals surface area (Å²) in [5, 5.41) is 7.27. The molecule has 28 heavy (non-hydrogen) atoms. The summed E-state index contributed by atoms with van der Waals surface area (Å²) in [6, 6.07) is 17.9. The lowest BCUT2D eigenvalue weighted by molar-refractivity contribution is -0.121. The number of benzene rings is 2. The Labute approximate surface area is 164 Å². The highest BCUT2D eigenvalue weighted by Crippen LogP contribution is 2.31. The molecular formula is C22H24N4O2. The molecule has 0 saturated carbocycles. The van der Waals surface area contributed by atoms with Crippen molar-refractivity contribution in [2.75, 3.05) is 13.6 Å². The number of hydrogen-bond acceptors (Lipinski definition) is 5. The van der Waals surface area contributed by atoms with Crippen LogP contribution in [0.15, 0.2) is 59.1 Å². The van der Waals surface area contributed by atoms with Gasteiger partial charge in [-0.2, -0.15) is 4.98 Å². The van der Waals surface area contributed by atoms with Crippen LogP contribution in [0.2, 0.25) is 0 Å². The van der Waals surface area contributed by atoms with E-state index in [-0.39, 0.29) is 18.0 Å². The van der Waals surface area contributed by atoms with E-state index < -0.39 is 0 Å². The first-order valence-electron chi connectivity index (χ1n) is 9.52. The van der Waals surface area contributed by atoms with Gasteiger partial charge in [0.15, 0.2) is 0 Å². The summed E-state index contributed by atoms with van der Waals surface area (Å²) in [5.74, 6) is 1.23. The zero-order valence-corrected chi connectivity index (χ0v) is 16.1. The number of carbonyl (C=O) groups excluding carboxylic acids is 1. The Hall–Kier alpha value is -2.99. The molecule has 6 nitrogen and oxygen atoms in total. The van der Waals surface area contributed by atoms with Gasteiger partial charge in [0.1, 0.15) is 0 Å². The molecule has 1 N–H and O–H groups in total. The third kappa shape index (κ3) is 4.12. The Balaban J connectivity index is 1.39. The van der Waals surface area contributed by atoms with Gasteiger partial charge in [0.2, 0.25) is 17.6 Å². The first-order chi connectivity index (χ1) is 13.6. The van der Waals surface area contributed by atoms with Crippen LogP contribution >= 0.6 is 0 Å². The number of aryl methyl sites for hydroxylation is 1. The van der Waals surface area contributed by atoms with Crippen molar-refractivity contribution in [2.24, 2.45) is 0 Å². The van der Waals surface area contributed by atoms with E-state index in [2.05, 4.69) is 20.4 Å². The van der Waals surface area contributed by atoms with Crippen molar-refractivity contribution in [1.29, 1.82) is 0 Å². The zero-order valence-electron chi connectivity index (χ0n) is 16.1. The Morgan fingerprint density at radius 1 is 1.18 bits per heavy atom. The average Bonchev–Trinajstić information content (AvgIpc) is 3.30. The molecule has 144 valence electrons. The first-order valence-corrected chi connectivity index (χ1v) is 9.52. The van der Waals surface area contributed by atoms with Gasteiger partial charge in [0.05, 0.1) is 12.5 Å². The smallest absolute Gasteiger partial charge is 0.244 e. The molecule has 1 amide bonds. The SMILES string of the molecule is Cc1ccc(-c2noc(C3CC(NC(=O)Cc4ccccc4)CN3C)n2)cc1. The number of likely N-dealkylation sites (tertiary alicyclic amines) is 1. The lowest BCUT2D eigenvalue weighted by Gasteiger charge is -2.14. The van der Waals surface area contributed by atoms with Crippen LogP contribution in [0.4, 0.5) is 0 Å². The van der Waals surface area contributed by atoms with Gasteiger partial charge in [-0.25, -0.2) is 0 Å². The van der Waals surface area contributed by atoms with E-state index in [1.165, 1.54) is 5.56 Å². The maximum absolute atomic E-state index is 12.4. The number of amides is 1. The van der Waals surface area contributed by atoms with E-state index in [4.69, 9.17) is 4.52 Å². The number of nitrogens with zero attached hydrogens (tertiary/aromatic N) is 3. The number of aromatic nitrogens is 2. The number of carbonyl (C=O) groups is 1. The van der Waals surface area contributed by atoms with Crippen LogP contribution in [0.25, 0.3) is 11.4 Å². The van der Waals surface area contributed by atoms with Crippen molar-refractivity contribution >= 4 is 5.91 Å². The van der Waals surface area contributed by atoms with Crippen molar-refractivity contribution in [1.82, 2.24) is 20.4 Å². The summed E-state index contributed by atoms with van der Waals surface area (Å²) in [4.78, 5) is 19.1. The second-order valence-electron chi connectivity index (χ2n) is 7.44. The van der Waals surface area contributed by atoms with Crippen LogP contribution in [-0.4, -0.2) is 40.6 Å². The summed E-state index contributed by atoms with van der Waals surface area (Å²) in [5.41, 5.74) is 3.15. The normalized spacial score (nSPS) is 19.6. The van der Waals surface area contributed by atoms with Gasteiger partial charge in [-0.3, -0.25) is 9.69 Å². The highest BCUT2D eigenvalue weighted by Gasteiger charge is 2.35. The zero-order chi connectivity index (χ0) is 19.5. The fourth-order valence-corrected chi connectivity index (χ4v) is 3.64. The van der Waals surface area contributed by atoms with Crippen molar-refractivity contribution < 1.29 is 9.32 Å². The van der Waals surface area contributed by atoms with Crippen LogP contribution in [0, 0.1) is 6.92 Å². The van der Waals surface area contributed by atoms with E-state index >= 15 is 0 Å². The van der Waals surface area contributed by atoms with Crippen LogP contribution in [-0.2, 0) is 11.2 Å². The second-order valence-corrected chi connectivity index (χ2v) is 7.44. The highest BCUT2D eigenvalue weighted by molar-refractivity contribution is 5.78. The summed E-state index contributed by atoms with van der Waals surface area (Å²) < 4.78 is 5.54. The summed E-state index contributed by atoms with van der Waals surface area (Å²) >= 11 is 0. The molecule has 4 rings (SSSR count). The average molecular weight is 376 g/mol. The summed E-state index contributed by atoms with van der Waals surface area (Å²) in [7, 11) is 2.02. The third-order valence-electron chi connectivity index (χ3n) is 5.16. The molecule has 2 heterocycles. The van der Waals surface area contributed by atoms with Gasteiger partial charge in [0.25, 0.3) is 0 Å². The maximum Gasteiger partial charge on any atom is 0.244 e. The van der Waals surface area contributed by atoms with Gasteiger partial charge in [-0.15, -0.1) is 0 Å². The lowest BCUT2D eigenvalue weighted by atomic mass is 10.1. The quantitative estimate of drug-likeness (QED) is 0.741. The molecule has 1 aliphatic heterocycles. The Morgan fingerprint density at radius 3 is 2.68 bits per heavy atom. The van der Waals surface area contributed by atoms with Crippen LogP contribution in [0.5, 0.6) is 0 Å². The van der Waals surface area contributed by atoms with E-state index in [0.29, 0.717) is 18.1 Å². The molecule has 2 aromatic carbocycles. The second kappa shape index (κ2) is 7.94. The van der Waals surface area contributed by atoms with E-state index in [9.17, 15) is 4.79 Å². The van der Waals surface area contributed by atoms with Crippen LogP contribution in [0.3, 0.4) is 0 Å². The van der Waals surface area contributed by atoms with E-state index in [0.717, 1.165) is 24.1 Å². The van der Waals surface area contributed by atoms with Gasteiger partial charge < -0.3 is 9.84 Å². The lowest BCUT2D eigenvalue weighted by Crippen LogP contribution is -2.37. The molecule has 1 saturated heterocycles. The summed E-state index contributed by atoms with van der Waals surface area (Å²) in [6.07, 6.45) is 1.15. The Morgan fingerprint density at radius 2 is 1.93 bits per heavy atom. The molecule has 0 bridgehead atoms. The van der Waals surface area contributed by atoms with Crippen molar-refractivity contribution in [3.63, 3.8) is 0 Å².